The predicted molar refractivity (Wildman–Crippen MR) is 57.9 cm³/mol. The van der Waals surface area contributed by atoms with Crippen LogP contribution in [0.4, 0.5) is 13.2 Å². The molecule has 5 nitrogen and oxygen atoms in total. The van der Waals surface area contributed by atoms with Crippen LogP contribution in [0.2, 0.25) is 0 Å². The van der Waals surface area contributed by atoms with Gasteiger partial charge in [-0.1, -0.05) is 19.4 Å². The van der Waals surface area contributed by atoms with E-state index < -0.39 is 12.1 Å². The number of alkyl halides is 3. The molecule has 0 fully saturated rings. The van der Waals surface area contributed by atoms with Gasteiger partial charge in [0.05, 0.1) is 6.04 Å². The summed E-state index contributed by atoms with van der Waals surface area (Å²) in [6.45, 7) is 2.04. The highest BCUT2D eigenvalue weighted by molar-refractivity contribution is 5.70. The van der Waals surface area contributed by atoms with E-state index in [1.807, 2.05) is 6.92 Å². The van der Waals surface area contributed by atoms with Crippen LogP contribution in [0.1, 0.15) is 31.6 Å². The van der Waals surface area contributed by atoms with Crippen LogP contribution in [0.25, 0.3) is 0 Å². The van der Waals surface area contributed by atoms with Crippen LogP contribution in [-0.2, 0) is 4.79 Å². The Morgan fingerprint density at radius 1 is 1.47 bits per heavy atom. The van der Waals surface area contributed by atoms with Gasteiger partial charge in [0.2, 0.25) is 0 Å². The van der Waals surface area contributed by atoms with Crippen molar-refractivity contribution in [2.45, 2.75) is 32.0 Å². The lowest BCUT2D eigenvalue weighted by Gasteiger charge is -2.07. The molecule has 0 aromatic carbocycles. The average Bonchev–Trinajstić information content (AvgIpc) is 2.29. The van der Waals surface area contributed by atoms with Crippen molar-refractivity contribution in [2.75, 3.05) is 0 Å². The first-order valence-corrected chi connectivity index (χ1v) is 5.32. The Kier molecular flexibility index (Phi) is 6.84. The molecule has 8 heteroatoms. The molecule has 1 rings (SSSR count). The Morgan fingerprint density at radius 2 is 2.00 bits per heavy atom. The van der Waals surface area contributed by atoms with Crippen molar-refractivity contribution in [3.8, 4) is 0 Å². The first-order valence-electron chi connectivity index (χ1n) is 5.32. The van der Waals surface area contributed by atoms with E-state index in [1.165, 1.54) is 6.07 Å². The van der Waals surface area contributed by atoms with Crippen molar-refractivity contribution in [3.05, 3.63) is 34.4 Å². The van der Waals surface area contributed by atoms with Crippen molar-refractivity contribution in [1.82, 2.24) is 0 Å². The fourth-order valence-corrected chi connectivity index (χ4v) is 1.06. The lowest BCUT2D eigenvalue weighted by Crippen LogP contribution is -2.37. The minimum Gasteiger partial charge on any atom is -0.542 e. The minimum atomic E-state index is -5.19. The molecule has 108 valence electrons. The van der Waals surface area contributed by atoms with E-state index in [0.717, 1.165) is 12.8 Å². The average molecular weight is 280 g/mol. The molecule has 1 heterocycles. The van der Waals surface area contributed by atoms with Gasteiger partial charge in [0.25, 0.3) is 0 Å². The van der Waals surface area contributed by atoms with E-state index in [0.29, 0.717) is 5.76 Å². The largest absolute Gasteiger partial charge is 0.542 e. The molecule has 19 heavy (non-hydrogen) atoms. The lowest BCUT2D eigenvalue weighted by molar-refractivity contribution is -0.344. The highest BCUT2D eigenvalue weighted by Crippen LogP contribution is 2.12. The van der Waals surface area contributed by atoms with Crippen LogP contribution >= 0.6 is 0 Å². The Balaban J connectivity index is 0.000000399. The molecular formula is C11H13F3NO4-. The van der Waals surface area contributed by atoms with Crippen LogP contribution in [0.3, 0.4) is 0 Å². The molecule has 0 unspecified atom stereocenters. The van der Waals surface area contributed by atoms with E-state index in [2.05, 4.69) is 0 Å². The number of rotatable bonds is 3. The number of nitrogens with two attached hydrogens (primary N) is 1. The normalized spacial score (nSPS) is 12.3. The topological polar surface area (TPSA) is 96.4 Å². The summed E-state index contributed by atoms with van der Waals surface area (Å²) in [5.74, 6) is -2.43. The van der Waals surface area contributed by atoms with Crippen molar-refractivity contribution in [2.24, 2.45) is 5.73 Å². The predicted octanol–water partition coefficient (Wildman–Crippen LogP) is 0.738. The number of aliphatic carboxylic acids is 1. The number of hydrogen-bond acceptors (Lipinski definition) is 5. The van der Waals surface area contributed by atoms with Gasteiger partial charge >= 0.3 is 11.8 Å². The van der Waals surface area contributed by atoms with Crippen molar-refractivity contribution < 1.29 is 27.5 Å². The van der Waals surface area contributed by atoms with Gasteiger partial charge in [-0.3, -0.25) is 0 Å². The molecule has 0 bridgehead atoms. The Bertz CT molecular complexity index is 456. The highest BCUT2D eigenvalue weighted by Gasteiger charge is 2.28. The van der Waals surface area contributed by atoms with E-state index in [4.69, 9.17) is 20.1 Å². The molecule has 0 saturated carbocycles. The first kappa shape index (κ1) is 17.2. The van der Waals surface area contributed by atoms with Crippen LogP contribution < -0.4 is 16.5 Å². The van der Waals surface area contributed by atoms with E-state index in [-0.39, 0.29) is 11.7 Å². The maximum absolute atomic E-state index is 10.8. The molecule has 1 aromatic rings. The van der Waals surface area contributed by atoms with Crippen molar-refractivity contribution in [3.63, 3.8) is 0 Å². The van der Waals surface area contributed by atoms with Crippen molar-refractivity contribution >= 4 is 5.97 Å². The Labute approximate surface area is 106 Å². The number of carbonyl (C=O) groups excluding carboxylic acids is 1. The molecule has 0 spiro atoms. The fraction of sp³-hybridized carbons (Fsp3) is 0.455. The van der Waals surface area contributed by atoms with E-state index >= 15 is 0 Å². The maximum atomic E-state index is 10.8. The summed E-state index contributed by atoms with van der Waals surface area (Å²) in [4.78, 5) is 19.6. The van der Waals surface area contributed by atoms with Gasteiger partial charge in [0.1, 0.15) is 11.7 Å². The van der Waals surface area contributed by atoms with Gasteiger partial charge in [-0.05, 0) is 12.5 Å². The second-order valence-corrected chi connectivity index (χ2v) is 3.53. The molecule has 0 aliphatic heterocycles. The van der Waals surface area contributed by atoms with Gasteiger partial charge in [-0.25, -0.2) is 4.79 Å². The highest BCUT2D eigenvalue weighted by atomic mass is 19.4. The summed E-state index contributed by atoms with van der Waals surface area (Å²) in [5.41, 5.74) is 5.41. The zero-order chi connectivity index (χ0) is 15.1. The SMILES string of the molecule is CCC[C@@H](N)c1cccc(=O)o1.O=C([O-])C(F)(F)F. The summed E-state index contributed by atoms with van der Waals surface area (Å²) in [6, 6.07) is 4.63. The van der Waals surface area contributed by atoms with E-state index in [9.17, 15) is 18.0 Å². The number of carboxylic acid groups (broad SMARTS) is 1. The van der Waals surface area contributed by atoms with Gasteiger partial charge in [-0.15, -0.1) is 0 Å². The smallest absolute Gasteiger partial charge is 0.430 e. The third-order valence-corrected chi connectivity index (χ3v) is 1.91. The van der Waals surface area contributed by atoms with Gasteiger partial charge < -0.3 is 20.1 Å². The monoisotopic (exact) mass is 280 g/mol. The Hall–Kier alpha value is -1.83. The third kappa shape index (κ3) is 7.24. The molecule has 0 aliphatic rings. The second kappa shape index (κ2) is 7.57. The van der Waals surface area contributed by atoms with Gasteiger partial charge in [0.15, 0.2) is 0 Å². The molecule has 0 saturated heterocycles. The summed E-state index contributed by atoms with van der Waals surface area (Å²) < 4.78 is 36.5. The zero-order valence-corrected chi connectivity index (χ0v) is 10.1. The molecule has 0 aliphatic carbocycles. The summed E-state index contributed by atoms with van der Waals surface area (Å²) in [6.07, 6.45) is -3.37. The van der Waals surface area contributed by atoms with Crippen LogP contribution in [0.15, 0.2) is 27.4 Å². The zero-order valence-electron chi connectivity index (χ0n) is 10.1. The quantitative estimate of drug-likeness (QED) is 0.880. The molecule has 1 atom stereocenters. The molecule has 0 radical (unpaired) electrons. The molecule has 1 aromatic heterocycles. The van der Waals surface area contributed by atoms with Crippen LogP contribution in [-0.4, -0.2) is 12.1 Å². The standard InChI is InChI=1S/C9H13NO2.C2HF3O2/c1-2-4-7(10)8-5-3-6-9(11)12-8;3-2(4,5)1(6)7/h3,5-7H,2,4,10H2,1H3;(H,6,7)/p-1/t7-;/m1./s1. The number of carbonyl (C=O) groups is 1. The summed E-state index contributed by atoms with van der Waals surface area (Å²) >= 11 is 0. The Morgan fingerprint density at radius 3 is 2.37 bits per heavy atom. The number of carboxylic acids is 1. The van der Waals surface area contributed by atoms with Gasteiger partial charge in [-0.2, -0.15) is 13.2 Å². The number of halogens is 3. The fourth-order valence-electron chi connectivity index (χ4n) is 1.06. The minimum absolute atomic E-state index is 0.149. The molecule has 0 amide bonds. The molecular weight excluding hydrogens is 267 g/mol. The first-order chi connectivity index (χ1) is 8.68. The maximum Gasteiger partial charge on any atom is 0.430 e. The summed E-state index contributed by atoms with van der Waals surface area (Å²) in [5, 5.41) is 8.78. The van der Waals surface area contributed by atoms with Gasteiger partial charge in [0, 0.05) is 6.07 Å². The number of hydrogen-bond donors (Lipinski definition) is 1. The third-order valence-electron chi connectivity index (χ3n) is 1.91. The molecule has 2 N–H and O–H groups in total. The van der Waals surface area contributed by atoms with E-state index in [1.54, 1.807) is 12.1 Å². The lowest BCUT2D eigenvalue weighted by atomic mass is 10.1. The van der Waals surface area contributed by atoms with Crippen LogP contribution in [0, 0.1) is 0 Å². The second-order valence-electron chi connectivity index (χ2n) is 3.53. The van der Waals surface area contributed by atoms with Crippen LogP contribution in [0.5, 0.6) is 0 Å². The van der Waals surface area contributed by atoms with Crippen molar-refractivity contribution in [1.29, 1.82) is 0 Å². The summed E-state index contributed by atoms with van der Waals surface area (Å²) in [7, 11) is 0.